The third-order valence-corrected chi connectivity index (χ3v) is 2.93. The minimum absolute atomic E-state index is 0.00884. The van der Waals surface area contributed by atoms with Gasteiger partial charge in [0.2, 0.25) is 0 Å². The van der Waals surface area contributed by atoms with Crippen LogP contribution in [0.1, 0.15) is 35.7 Å². The fraction of sp³-hybridized carbons (Fsp3) is 0.333. The molecule has 2 rings (SSSR count). The summed E-state index contributed by atoms with van der Waals surface area (Å²) in [7, 11) is 0. The molecule has 0 fully saturated rings. The molecule has 2 heterocycles. The minimum atomic E-state index is -1.20. The largest absolute Gasteiger partial charge is 0.477 e. The van der Waals surface area contributed by atoms with Gasteiger partial charge in [0, 0.05) is 6.20 Å². The molecule has 110 valence electrons. The van der Waals surface area contributed by atoms with Crippen molar-refractivity contribution >= 4 is 11.7 Å². The van der Waals surface area contributed by atoms with Gasteiger partial charge in [0.25, 0.3) is 5.95 Å². The Labute approximate surface area is 119 Å². The van der Waals surface area contributed by atoms with Crippen LogP contribution in [0.4, 0.5) is 5.69 Å². The third kappa shape index (κ3) is 2.57. The Kier molecular flexibility index (Phi) is 3.92. The molecule has 0 amide bonds. The second-order valence-electron chi connectivity index (χ2n) is 4.17. The number of hydrogen-bond acceptors (Lipinski definition) is 6. The van der Waals surface area contributed by atoms with E-state index in [9.17, 15) is 14.9 Å². The monoisotopic (exact) mass is 291 g/mol. The number of carboxylic acids is 1. The first-order chi connectivity index (χ1) is 9.99. The third-order valence-electron chi connectivity index (χ3n) is 2.93. The lowest BCUT2D eigenvalue weighted by molar-refractivity contribution is -0.386. The van der Waals surface area contributed by atoms with Crippen molar-refractivity contribution in [2.24, 2.45) is 0 Å². The molecule has 0 radical (unpaired) electrons. The molecule has 2 aromatic rings. The lowest BCUT2D eigenvalue weighted by Gasteiger charge is -2.03. The Bertz CT molecular complexity index is 710. The van der Waals surface area contributed by atoms with Crippen LogP contribution >= 0.6 is 0 Å². The average molecular weight is 291 g/mol. The number of hydrogen-bond donors (Lipinski definition) is 1. The van der Waals surface area contributed by atoms with Gasteiger partial charge in [-0.2, -0.15) is 9.78 Å². The summed E-state index contributed by atoms with van der Waals surface area (Å²) < 4.78 is 1.24. The van der Waals surface area contributed by atoms with Crippen LogP contribution in [-0.4, -0.2) is 35.7 Å². The van der Waals surface area contributed by atoms with Crippen LogP contribution in [-0.2, 0) is 12.8 Å². The van der Waals surface area contributed by atoms with Gasteiger partial charge in [0.05, 0.1) is 4.92 Å². The summed E-state index contributed by atoms with van der Waals surface area (Å²) in [5.41, 5.74) is 0.406. The first kappa shape index (κ1) is 14.6. The summed E-state index contributed by atoms with van der Waals surface area (Å²) in [5.74, 6) is -1.19. The van der Waals surface area contributed by atoms with Gasteiger partial charge in [0.1, 0.15) is 11.4 Å². The molecule has 0 saturated carbocycles. The van der Waals surface area contributed by atoms with E-state index in [2.05, 4.69) is 15.1 Å². The summed E-state index contributed by atoms with van der Waals surface area (Å²) in [6.45, 7) is 3.51. The van der Waals surface area contributed by atoms with Crippen LogP contribution in [0.25, 0.3) is 5.95 Å². The lowest BCUT2D eigenvalue weighted by atomic mass is 10.2. The Balaban J connectivity index is 2.66. The summed E-state index contributed by atoms with van der Waals surface area (Å²) in [5, 5.41) is 24.3. The zero-order valence-electron chi connectivity index (χ0n) is 11.5. The maximum Gasteiger partial charge on any atom is 0.354 e. The summed E-state index contributed by atoms with van der Waals surface area (Å²) in [6.07, 6.45) is 2.02. The van der Waals surface area contributed by atoms with Crippen molar-refractivity contribution in [3.05, 3.63) is 39.5 Å². The second-order valence-corrected chi connectivity index (χ2v) is 4.17. The van der Waals surface area contributed by atoms with Crippen LogP contribution in [0.5, 0.6) is 0 Å². The minimum Gasteiger partial charge on any atom is -0.477 e. The van der Waals surface area contributed by atoms with Gasteiger partial charge in [-0.25, -0.2) is 14.8 Å². The van der Waals surface area contributed by atoms with Gasteiger partial charge in [-0.15, -0.1) is 0 Å². The fourth-order valence-corrected chi connectivity index (χ4v) is 2.00. The number of nitro groups is 1. The number of aromatic carboxylic acids is 1. The zero-order valence-corrected chi connectivity index (χ0v) is 11.5. The van der Waals surface area contributed by atoms with Crippen molar-refractivity contribution in [2.75, 3.05) is 0 Å². The van der Waals surface area contributed by atoms with Gasteiger partial charge < -0.3 is 5.11 Å². The first-order valence-electron chi connectivity index (χ1n) is 6.31. The van der Waals surface area contributed by atoms with Crippen LogP contribution in [0.3, 0.4) is 0 Å². The topological polar surface area (TPSA) is 124 Å². The summed E-state index contributed by atoms with van der Waals surface area (Å²) in [4.78, 5) is 29.5. The molecule has 0 atom stereocenters. The van der Waals surface area contributed by atoms with Crippen molar-refractivity contribution in [2.45, 2.75) is 26.7 Å². The molecule has 0 aliphatic rings. The standard InChI is InChI=1S/C12H13N5O4/c1-3-7-10(17(20)21)9(4-2)16(15-7)12-13-6-5-8(14-12)11(18)19/h5-6H,3-4H2,1-2H3,(H,18,19). The molecule has 21 heavy (non-hydrogen) atoms. The zero-order chi connectivity index (χ0) is 15.6. The number of carbonyl (C=O) groups is 1. The maximum atomic E-state index is 11.2. The quantitative estimate of drug-likeness (QED) is 0.651. The number of nitrogens with zero attached hydrogens (tertiary/aromatic N) is 5. The second kappa shape index (κ2) is 5.65. The highest BCUT2D eigenvalue weighted by Crippen LogP contribution is 2.26. The predicted molar refractivity (Wildman–Crippen MR) is 71.5 cm³/mol. The Morgan fingerprint density at radius 1 is 1.43 bits per heavy atom. The van der Waals surface area contributed by atoms with E-state index in [1.54, 1.807) is 13.8 Å². The number of aromatic nitrogens is 4. The highest BCUT2D eigenvalue weighted by atomic mass is 16.6. The van der Waals surface area contributed by atoms with Crippen LogP contribution in [0.2, 0.25) is 0 Å². The Morgan fingerprint density at radius 2 is 2.14 bits per heavy atom. The molecule has 2 aromatic heterocycles. The fourth-order valence-electron chi connectivity index (χ4n) is 2.00. The molecule has 1 N–H and O–H groups in total. The SMILES string of the molecule is CCc1nn(-c2nccc(C(=O)O)n2)c(CC)c1[N+](=O)[O-]. The normalized spacial score (nSPS) is 10.6. The van der Waals surface area contributed by atoms with Crippen LogP contribution < -0.4 is 0 Å². The molecule has 0 spiro atoms. The molecule has 0 unspecified atom stereocenters. The average Bonchev–Trinajstić information content (AvgIpc) is 2.86. The van der Waals surface area contributed by atoms with Crippen molar-refractivity contribution in [3.63, 3.8) is 0 Å². The van der Waals surface area contributed by atoms with Crippen molar-refractivity contribution in [3.8, 4) is 5.95 Å². The van der Waals surface area contributed by atoms with Crippen molar-refractivity contribution < 1.29 is 14.8 Å². The highest BCUT2D eigenvalue weighted by Gasteiger charge is 2.27. The van der Waals surface area contributed by atoms with Crippen molar-refractivity contribution in [1.82, 2.24) is 19.7 Å². The van der Waals surface area contributed by atoms with Crippen LogP contribution in [0, 0.1) is 10.1 Å². The van der Waals surface area contributed by atoms with E-state index in [1.807, 2.05) is 0 Å². The summed E-state index contributed by atoms with van der Waals surface area (Å²) >= 11 is 0. The highest BCUT2D eigenvalue weighted by molar-refractivity contribution is 5.85. The van der Waals surface area contributed by atoms with E-state index in [0.29, 0.717) is 24.2 Å². The van der Waals surface area contributed by atoms with Gasteiger partial charge in [-0.1, -0.05) is 13.8 Å². The van der Waals surface area contributed by atoms with E-state index in [4.69, 9.17) is 5.11 Å². The van der Waals surface area contributed by atoms with Crippen molar-refractivity contribution in [1.29, 1.82) is 0 Å². The van der Waals surface area contributed by atoms with E-state index in [1.165, 1.54) is 16.9 Å². The Hall–Kier alpha value is -2.84. The van der Waals surface area contributed by atoms with Gasteiger partial charge >= 0.3 is 11.7 Å². The molecule has 0 aliphatic heterocycles. The number of carboxylic acid groups (broad SMARTS) is 1. The Morgan fingerprint density at radius 3 is 2.67 bits per heavy atom. The molecular formula is C12H13N5O4. The molecule has 9 heteroatoms. The van der Waals surface area contributed by atoms with Crippen LogP contribution in [0.15, 0.2) is 12.3 Å². The maximum absolute atomic E-state index is 11.2. The molecule has 9 nitrogen and oxygen atoms in total. The van der Waals surface area contributed by atoms with E-state index >= 15 is 0 Å². The smallest absolute Gasteiger partial charge is 0.354 e. The van der Waals surface area contributed by atoms with E-state index < -0.39 is 10.9 Å². The summed E-state index contributed by atoms with van der Waals surface area (Å²) in [6, 6.07) is 1.25. The molecule has 0 saturated heterocycles. The molecular weight excluding hydrogens is 278 g/mol. The van der Waals surface area contributed by atoms with Gasteiger partial charge in [-0.05, 0) is 18.9 Å². The number of rotatable bonds is 5. The van der Waals surface area contributed by atoms with E-state index in [-0.39, 0.29) is 17.3 Å². The van der Waals surface area contributed by atoms with E-state index in [0.717, 1.165) is 0 Å². The van der Waals surface area contributed by atoms with Gasteiger partial charge in [0.15, 0.2) is 5.69 Å². The number of aryl methyl sites for hydroxylation is 1. The van der Waals surface area contributed by atoms with Gasteiger partial charge in [-0.3, -0.25) is 10.1 Å². The molecule has 0 bridgehead atoms. The molecule has 0 aromatic carbocycles. The lowest BCUT2D eigenvalue weighted by Crippen LogP contribution is -2.10. The first-order valence-corrected chi connectivity index (χ1v) is 6.31. The molecule has 0 aliphatic carbocycles. The predicted octanol–water partition coefficient (Wildman–Crippen LogP) is 1.39.